The van der Waals surface area contributed by atoms with E-state index in [1.54, 1.807) is 6.33 Å². The Bertz CT molecular complexity index is 1370. The minimum Gasteiger partial charge on any atom is -0.345 e. The molecule has 3 aromatic carbocycles. The van der Waals surface area contributed by atoms with Crippen LogP contribution in [-0.2, 0) is 14.8 Å². The van der Waals surface area contributed by atoms with Gasteiger partial charge in [0.2, 0.25) is 15.9 Å². The van der Waals surface area contributed by atoms with E-state index in [1.165, 1.54) is 23.5 Å². The van der Waals surface area contributed by atoms with Gasteiger partial charge in [0.15, 0.2) is 0 Å². The molecule has 4 rings (SSSR count). The van der Waals surface area contributed by atoms with Crippen molar-refractivity contribution in [3.05, 3.63) is 96.1 Å². The summed E-state index contributed by atoms with van der Waals surface area (Å²) in [5, 5.41) is 3.07. The maximum atomic E-state index is 13.1. The number of hydrogen-bond acceptors (Lipinski definition) is 4. The summed E-state index contributed by atoms with van der Waals surface area (Å²) >= 11 is 0. The first kappa shape index (κ1) is 23.6. The van der Waals surface area contributed by atoms with Gasteiger partial charge in [0.05, 0.1) is 28.3 Å². The first-order valence-corrected chi connectivity index (χ1v) is 12.3. The highest BCUT2D eigenvalue weighted by atomic mass is 32.2. The Hall–Kier alpha value is -3.56. The van der Waals surface area contributed by atoms with E-state index in [0.29, 0.717) is 6.42 Å². The summed E-state index contributed by atoms with van der Waals surface area (Å²) < 4.78 is 39.6. The lowest BCUT2D eigenvalue weighted by Gasteiger charge is -2.21. The van der Waals surface area contributed by atoms with E-state index in [9.17, 15) is 17.6 Å². The number of aromatic amines is 1. The average molecular weight is 481 g/mol. The van der Waals surface area contributed by atoms with Crippen LogP contribution in [0.3, 0.4) is 0 Å². The summed E-state index contributed by atoms with van der Waals surface area (Å²) in [4.78, 5) is 20.2. The van der Waals surface area contributed by atoms with Gasteiger partial charge in [-0.3, -0.25) is 4.79 Å². The maximum absolute atomic E-state index is 13.1. The third-order valence-corrected chi connectivity index (χ3v) is 7.49. The van der Waals surface area contributed by atoms with Crippen molar-refractivity contribution in [2.45, 2.75) is 23.8 Å². The number of hydrogen-bond donors (Lipinski definition) is 2. The van der Waals surface area contributed by atoms with Crippen molar-refractivity contribution in [1.82, 2.24) is 19.6 Å². The second kappa shape index (κ2) is 10.1. The van der Waals surface area contributed by atoms with Crippen molar-refractivity contribution in [2.75, 3.05) is 13.6 Å². The van der Waals surface area contributed by atoms with E-state index in [-0.39, 0.29) is 29.8 Å². The monoisotopic (exact) mass is 480 g/mol. The molecule has 1 amide bonds. The summed E-state index contributed by atoms with van der Waals surface area (Å²) in [6.45, 7) is 0.156. The predicted molar refractivity (Wildman–Crippen MR) is 128 cm³/mol. The largest absolute Gasteiger partial charge is 0.345 e. The predicted octanol–water partition coefficient (Wildman–Crippen LogP) is 4.01. The molecule has 1 unspecified atom stereocenters. The molecule has 176 valence electrons. The fourth-order valence-corrected chi connectivity index (χ4v) is 4.95. The van der Waals surface area contributed by atoms with E-state index in [1.807, 2.05) is 48.5 Å². The quantitative estimate of drug-likeness (QED) is 0.378. The molecule has 2 N–H and O–H groups in total. The molecule has 0 aliphatic rings. The topological polar surface area (TPSA) is 95.2 Å². The highest BCUT2D eigenvalue weighted by Crippen LogP contribution is 2.25. The first-order chi connectivity index (χ1) is 16.3. The van der Waals surface area contributed by atoms with Crippen LogP contribution in [0.15, 0.2) is 84.0 Å². The van der Waals surface area contributed by atoms with Crippen LogP contribution in [0.2, 0.25) is 0 Å². The molecule has 0 aliphatic heterocycles. The van der Waals surface area contributed by atoms with Gasteiger partial charge in [-0.15, -0.1) is 0 Å². The molecule has 7 nitrogen and oxygen atoms in total. The summed E-state index contributed by atoms with van der Waals surface area (Å²) in [6.07, 6.45) is 2.11. The Morgan fingerprint density at radius 2 is 1.79 bits per heavy atom. The molecule has 1 atom stereocenters. The zero-order valence-electron chi connectivity index (χ0n) is 18.6. The van der Waals surface area contributed by atoms with Crippen LogP contribution < -0.4 is 5.32 Å². The van der Waals surface area contributed by atoms with Gasteiger partial charge in [-0.1, -0.05) is 36.4 Å². The second-order valence-electron chi connectivity index (χ2n) is 7.97. The van der Waals surface area contributed by atoms with Crippen molar-refractivity contribution in [2.24, 2.45) is 0 Å². The normalized spacial score (nSPS) is 12.7. The van der Waals surface area contributed by atoms with Crippen LogP contribution in [-0.4, -0.2) is 42.2 Å². The maximum Gasteiger partial charge on any atom is 0.242 e. The summed E-state index contributed by atoms with van der Waals surface area (Å²) in [6, 6.07) is 19.8. The zero-order chi connectivity index (χ0) is 24.1. The number of amides is 1. The molecule has 4 aromatic rings. The van der Waals surface area contributed by atoms with Crippen LogP contribution in [0, 0.1) is 5.82 Å². The first-order valence-electron chi connectivity index (χ1n) is 10.8. The van der Waals surface area contributed by atoms with Crippen molar-refractivity contribution in [3.8, 4) is 0 Å². The number of nitrogens with zero attached hydrogens (tertiary/aromatic N) is 2. The number of H-pyrrole nitrogens is 1. The molecule has 0 saturated carbocycles. The number of rotatable bonds is 9. The molecule has 1 aromatic heterocycles. The number of imidazole rings is 1. The second-order valence-corrected chi connectivity index (χ2v) is 10.0. The fraction of sp³-hybridized carbons (Fsp3) is 0.200. The van der Waals surface area contributed by atoms with Crippen molar-refractivity contribution in [1.29, 1.82) is 0 Å². The molecule has 0 fully saturated rings. The van der Waals surface area contributed by atoms with Gasteiger partial charge < -0.3 is 10.3 Å². The fourth-order valence-electron chi connectivity index (χ4n) is 3.74. The Morgan fingerprint density at radius 3 is 2.53 bits per heavy atom. The smallest absolute Gasteiger partial charge is 0.242 e. The summed E-state index contributed by atoms with van der Waals surface area (Å²) in [5.41, 5.74) is 3.56. The molecule has 34 heavy (non-hydrogen) atoms. The number of aromatic nitrogens is 2. The number of nitrogens with one attached hydrogen (secondary N) is 2. The lowest BCUT2D eigenvalue weighted by atomic mass is 9.98. The molecule has 0 spiro atoms. The highest BCUT2D eigenvalue weighted by Gasteiger charge is 2.22. The molecule has 0 saturated heterocycles. The minimum atomic E-state index is -3.75. The third-order valence-electron chi connectivity index (χ3n) is 5.61. The van der Waals surface area contributed by atoms with Crippen LogP contribution in [0.4, 0.5) is 4.39 Å². The number of halogens is 1. The molecule has 0 bridgehead atoms. The molecule has 1 heterocycles. The van der Waals surface area contributed by atoms with E-state index >= 15 is 0 Å². The van der Waals surface area contributed by atoms with Crippen molar-refractivity contribution < 1.29 is 17.6 Å². The van der Waals surface area contributed by atoms with Gasteiger partial charge in [-0.2, -0.15) is 0 Å². The van der Waals surface area contributed by atoms with Crippen LogP contribution in [0.5, 0.6) is 0 Å². The SMILES string of the molecule is CN(CCCC(=O)NC(c1ccccc1)c1ccc2nc[nH]c2c1)S(=O)(=O)c1ccc(F)cc1. The molecular formula is C25H25FN4O3S. The average Bonchev–Trinajstić information content (AvgIpc) is 3.31. The van der Waals surface area contributed by atoms with Gasteiger partial charge >= 0.3 is 0 Å². The highest BCUT2D eigenvalue weighted by molar-refractivity contribution is 7.89. The van der Waals surface area contributed by atoms with Gasteiger partial charge in [-0.25, -0.2) is 22.1 Å². The Morgan fingerprint density at radius 1 is 1.06 bits per heavy atom. The molecule has 0 aliphatic carbocycles. The lowest BCUT2D eigenvalue weighted by molar-refractivity contribution is -0.121. The van der Waals surface area contributed by atoms with Gasteiger partial charge in [0.25, 0.3) is 0 Å². The minimum absolute atomic E-state index is 0.0131. The van der Waals surface area contributed by atoms with Crippen LogP contribution in [0.25, 0.3) is 11.0 Å². The summed E-state index contributed by atoms with van der Waals surface area (Å²) in [7, 11) is -2.31. The van der Waals surface area contributed by atoms with E-state index in [4.69, 9.17) is 0 Å². The Balaban J connectivity index is 1.41. The van der Waals surface area contributed by atoms with Gasteiger partial charge in [0, 0.05) is 20.0 Å². The zero-order valence-corrected chi connectivity index (χ0v) is 19.4. The standard InChI is InChI=1S/C25H25FN4O3S/c1-30(34(32,33)21-12-10-20(26)11-13-21)15-5-8-24(31)29-25(18-6-3-2-4-7-18)19-9-14-22-23(16-19)28-17-27-22/h2-4,6-7,9-14,16-17,25H,5,8,15H2,1H3,(H,27,28)(H,29,31). The number of sulfonamides is 1. The molecular weight excluding hydrogens is 455 g/mol. The third kappa shape index (κ3) is 5.32. The van der Waals surface area contributed by atoms with E-state index in [2.05, 4.69) is 15.3 Å². The number of carbonyl (C=O) groups excluding carboxylic acids is 1. The van der Waals surface area contributed by atoms with Gasteiger partial charge in [-0.05, 0) is 53.9 Å². The van der Waals surface area contributed by atoms with Crippen molar-refractivity contribution >= 4 is 27.0 Å². The van der Waals surface area contributed by atoms with Crippen molar-refractivity contribution in [3.63, 3.8) is 0 Å². The van der Waals surface area contributed by atoms with E-state index in [0.717, 1.165) is 34.3 Å². The molecule has 0 radical (unpaired) electrons. The van der Waals surface area contributed by atoms with Gasteiger partial charge in [0.1, 0.15) is 5.82 Å². The molecule has 9 heteroatoms. The van der Waals surface area contributed by atoms with Crippen LogP contribution >= 0.6 is 0 Å². The summed E-state index contributed by atoms with van der Waals surface area (Å²) in [5.74, 6) is -0.691. The number of carbonyl (C=O) groups is 1. The Labute approximate surface area is 197 Å². The Kier molecular flexibility index (Phi) is 7.04. The lowest BCUT2D eigenvalue weighted by Crippen LogP contribution is -2.31. The van der Waals surface area contributed by atoms with Crippen LogP contribution in [0.1, 0.15) is 30.0 Å². The van der Waals surface area contributed by atoms with E-state index < -0.39 is 15.8 Å². The number of fused-ring (bicyclic) bond motifs is 1. The number of benzene rings is 3.